The Hall–Kier alpha value is -0.970. The maximum atomic E-state index is 6.27. The van der Waals surface area contributed by atoms with Crippen molar-refractivity contribution in [3.63, 3.8) is 0 Å². The van der Waals surface area contributed by atoms with Crippen molar-refractivity contribution in [3.8, 4) is 0 Å². The van der Waals surface area contributed by atoms with Gasteiger partial charge >= 0.3 is 0 Å². The minimum Gasteiger partial charge on any atom is -0.386 e. The summed E-state index contributed by atoms with van der Waals surface area (Å²) in [5.74, 6) is 0. The summed E-state index contributed by atoms with van der Waals surface area (Å²) in [4.78, 5) is 2.74. The molecule has 0 amide bonds. The number of ether oxygens (including phenoxy) is 1. The molecule has 2 fully saturated rings. The van der Waals surface area contributed by atoms with Crippen LogP contribution in [-0.2, 0) is 4.74 Å². The molecule has 1 aromatic rings. The lowest BCUT2D eigenvalue weighted by Crippen LogP contribution is -2.53. The zero-order valence-electron chi connectivity index (χ0n) is 17.4. The van der Waals surface area contributed by atoms with Gasteiger partial charge in [0, 0.05) is 43.3 Å². The molecule has 0 spiro atoms. The third kappa shape index (κ3) is 4.90. The monoisotopic (exact) mass is 393 g/mol. The molecule has 0 atom stereocenters. The molecule has 4 nitrogen and oxygen atoms in total. The van der Waals surface area contributed by atoms with Crippen molar-refractivity contribution in [2.45, 2.75) is 77.0 Å². The minimum absolute atomic E-state index is 0.353. The number of nitrogens with one attached hydrogen (secondary N) is 2. The number of likely N-dealkylation sites (tertiary alicyclic amines) is 1. The van der Waals surface area contributed by atoms with Gasteiger partial charge in [0.05, 0.1) is 17.5 Å². The SMILES string of the molecule is CCO[C@H]1CC[C@](C)(N2CCC(Nc3cc(C)c(Cl)cc3NC)CC2)CC1. The maximum absolute atomic E-state index is 6.27. The van der Waals surface area contributed by atoms with Crippen LogP contribution in [0.15, 0.2) is 12.1 Å². The highest BCUT2D eigenvalue weighted by Crippen LogP contribution is 2.37. The first-order valence-electron chi connectivity index (χ1n) is 10.6. The van der Waals surface area contributed by atoms with E-state index in [0.717, 1.165) is 22.9 Å². The summed E-state index contributed by atoms with van der Waals surface area (Å²) in [6.45, 7) is 9.83. The van der Waals surface area contributed by atoms with Gasteiger partial charge in [-0.05, 0) is 77.0 Å². The van der Waals surface area contributed by atoms with Gasteiger partial charge < -0.3 is 15.4 Å². The molecular formula is C22H36ClN3O. The van der Waals surface area contributed by atoms with Gasteiger partial charge in [0.25, 0.3) is 0 Å². The molecule has 1 saturated heterocycles. The average Bonchev–Trinajstić information content (AvgIpc) is 2.67. The number of hydrogen-bond donors (Lipinski definition) is 2. The molecule has 1 aromatic carbocycles. The number of benzene rings is 1. The Balaban J connectivity index is 1.54. The molecular weight excluding hydrogens is 358 g/mol. The van der Waals surface area contributed by atoms with Crippen molar-refractivity contribution in [1.29, 1.82) is 0 Å². The van der Waals surface area contributed by atoms with Crippen molar-refractivity contribution < 1.29 is 4.74 Å². The Kier molecular flexibility index (Phi) is 6.93. The van der Waals surface area contributed by atoms with E-state index >= 15 is 0 Å². The van der Waals surface area contributed by atoms with Gasteiger partial charge in [-0.1, -0.05) is 11.6 Å². The number of rotatable bonds is 6. The Morgan fingerprint density at radius 3 is 2.41 bits per heavy atom. The molecule has 1 aliphatic carbocycles. The predicted molar refractivity (Wildman–Crippen MR) is 116 cm³/mol. The molecule has 5 heteroatoms. The second-order valence-electron chi connectivity index (χ2n) is 8.45. The van der Waals surface area contributed by atoms with E-state index in [-0.39, 0.29) is 0 Å². The Labute approximate surface area is 170 Å². The summed E-state index contributed by atoms with van der Waals surface area (Å²) in [7, 11) is 1.95. The third-order valence-corrected chi connectivity index (χ3v) is 7.01. The van der Waals surface area contributed by atoms with Crippen LogP contribution in [0.1, 0.15) is 57.9 Å². The molecule has 2 aliphatic rings. The molecule has 152 valence electrons. The summed E-state index contributed by atoms with van der Waals surface area (Å²) in [6, 6.07) is 4.71. The number of hydrogen-bond acceptors (Lipinski definition) is 4. The highest BCUT2D eigenvalue weighted by atomic mass is 35.5. The van der Waals surface area contributed by atoms with Gasteiger partial charge in [0.15, 0.2) is 0 Å². The molecule has 3 rings (SSSR count). The number of anilines is 2. The molecule has 0 aromatic heterocycles. The fraction of sp³-hybridized carbons (Fsp3) is 0.727. The van der Waals surface area contributed by atoms with Gasteiger partial charge in [0.1, 0.15) is 0 Å². The lowest BCUT2D eigenvalue weighted by molar-refractivity contribution is -0.0242. The topological polar surface area (TPSA) is 36.5 Å². The van der Waals surface area contributed by atoms with E-state index in [0.29, 0.717) is 17.7 Å². The highest BCUT2D eigenvalue weighted by molar-refractivity contribution is 6.31. The maximum Gasteiger partial charge on any atom is 0.0588 e. The molecule has 1 aliphatic heterocycles. The smallest absolute Gasteiger partial charge is 0.0588 e. The zero-order chi connectivity index (χ0) is 19.4. The minimum atomic E-state index is 0.353. The molecule has 0 bridgehead atoms. The first-order valence-corrected chi connectivity index (χ1v) is 10.9. The van der Waals surface area contributed by atoms with Gasteiger partial charge in [-0.15, -0.1) is 0 Å². The van der Waals surface area contributed by atoms with Gasteiger partial charge in [-0.25, -0.2) is 0 Å². The lowest BCUT2D eigenvalue weighted by atomic mass is 9.79. The zero-order valence-corrected chi connectivity index (χ0v) is 18.2. The third-order valence-electron chi connectivity index (χ3n) is 6.60. The van der Waals surface area contributed by atoms with Crippen LogP contribution in [0.5, 0.6) is 0 Å². The second-order valence-corrected chi connectivity index (χ2v) is 8.86. The summed E-state index contributed by atoms with van der Waals surface area (Å²) < 4.78 is 5.84. The fourth-order valence-electron chi connectivity index (χ4n) is 4.72. The largest absolute Gasteiger partial charge is 0.386 e. The van der Waals surface area contributed by atoms with Crippen molar-refractivity contribution >= 4 is 23.0 Å². The van der Waals surface area contributed by atoms with E-state index in [1.54, 1.807) is 0 Å². The molecule has 0 radical (unpaired) electrons. The summed E-state index contributed by atoms with van der Waals surface area (Å²) in [6.07, 6.45) is 7.79. The second kappa shape index (κ2) is 9.02. The quantitative estimate of drug-likeness (QED) is 0.687. The van der Waals surface area contributed by atoms with E-state index < -0.39 is 0 Å². The first kappa shape index (κ1) is 20.8. The van der Waals surface area contributed by atoms with Crippen LogP contribution >= 0.6 is 11.6 Å². The van der Waals surface area contributed by atoms with E-state index in [1.807, 2.05) is 13.1 Å². The number of piperidine rings is 1. The van der Waals surface area contributed by atoms with Crippen molar-refractivity contribution in [2.75, 3.05) is 37.4 Å². The van der Waals surface area contributed by atoms with Crippen LogP contribution in [0.4, 0.5) is 11.4 Å². The Bertz CT molecular complexity index is 620. The lowest BCUT2D eigenvalue weighted by Gasteiger charge is -2.48. The average molecular weight is 394 g/mol. The van der Waals surface area contributed by atoms with Crippen LogP contribution in [0.2, 0.25) is 5.02 Å². The molecule has 1 heterocycles. The van der Waals surface area contributed by atoms with Crippen LogP contribution in [0.3, 0.4) is 0 Å². The first-order chi connectivity index (χ1) is 12.9. The van der Waals surface area contributed by atoms with Crippen molar-refractivity contribution in [3.05, 3.63) is 22.7 Å². The van der Waals surface area contributed by atoms with Gasteiger partial charge in [0.2, 0.25) is 0 Å². The summed E-state index contributed by atoms with van der Waals surface area (Å²) in [5, 5.41) is 7.84. The fourth-order valence-corrected chi connectivity index (χ4v) is 4.89. The Morgan fingerprint density at radius 2 is 1.81 bits per heavy atom. The summed E-state index contributed by atoms with van der Waals surface area (Å²) >= 11 is 6.27. The molecule has 2 N–H and O–H groups in total. The van der Waals surface area contributed by atoms with E-state index in [2.05, 4.69) is 42.4 Å². The Morgan fingerprint density at radius 1 is 1.15 bits per heavy atom. The van der Waals surface area contributed by atoms with E-state index in [4.69, 9.17) is 16.3 Å². The van der Waals surface area contributed by atoms with Gasteiger partial charge in [-0.3, -0.25) is 4.90 Å². The number of nitrogens with zero attached hydrogens (tertiary/aromatic N) is 1. The van der Waals surface area contributed by atoms with E-state index in [9.17, 15) is 0 Å². The van der Waals surface area contributed by atoms with Crippen LogP contribution in [0.25, 0.3) is 0 Å². The van der Waals surface area contributed by atoms with Crippen molar-refractivity contribution in [1.82, 2.24) is 4.90 Å². The normalized spacial score (nSPS) is 27.5. The molecule has 1 saturated carbocycles. The highest BCUT2D eigenvalue weighted by Gasteiger charge is 2.38. The van der Waals surface area contributed by atoms with Crippen LogP contribution < -0.4 is 10.6 Å². The van der Waals surface area contributed by atoms with Crippen molar-refractivity contribution in [2.24, 2.45) is 0 Å². The van der Waals surface area contributed by atoms with Crippen LogP contribution in [0, 0.1) is 6.92 Å². The van der Waals surface area contributed by atoms with Crippen LogP contribution in [-0.4, -0.2) is 49.3 Å². The van der Waals surface area contributed by atoms with E-state index in [1.165, 1.54) is 57.3 Å². The van der Waals surface area contributed by atoms with Gasteiger partial charge in [-0.2, -0.15) is 0 Å². The predicted octanol–water partition coefficient (Wildman–Crippen LogP) is 5.30. The number of halogens is 1. The molecule has 0 unspecified atom stereocenters. The summed E-state index contributed by atoms with van der Waals surface area (Å²) in [5.41, 5.74) is 3.72. The standard InChI is InChI=1S/C22H36ClN3O/c1-5-27-18-6-10-22(3,11-7-18)26-12-8-17(9-13-26)25-21-14-16(2)19(23)15-20(21)24-4/h14-15,17-18,24-25H,5-13H2,1-4H3/t18-,22-. The number of aryl methyl sites for hydroxylation is 1. The molecule has 27 heavy (non-hydrogen) atoms.